The van der Waals surface area contributed by atoms with Gasteiger partial charge in [0.25, 0.3) is 0 Å². The molecule has 0 bridgehead atoms. The van der Waals surface area contributed by atoms with Gasteiger partial charge in [0.15, 0.2) is 0 Å². The Morgan fingerprint density at radius 1 is 1.47 bits per heavy atom. The molecule has 5 N–H and O–H groups in total. The van der Waals surface area contributed by atoms with E-state index in [0.29, 0.717) is 5.82 Å². The molecule has 0 aliphatic rings. The molecule has 2 heterocycles. The second-order valence-electron chi connectivity index (χ2n) is 3.94. The summed E-state index contributed by atoms with van der Waals surface area (Å²) in [5.41, 5.74) is 10.6. The van der Waals surface area contributed by atoms with Crippen LogP contribution in [0, 0.1) is 6.92 Å². The van der Waals surface area contributed by atoms with E-state index in [0.717, 1.165) is 23.3 Å². The lowest BCUT2D eigenvalue weighted by Crippen LogP contribution is -2.29. The molecule has 0 aromatic carbocycles. The first kappa shape index (κ1) is 11.6. The topological polar surface area (TPSA) is 90.1 Å². The minimum atomic E-state index is 0.00977. The number of hydrazine groups is 1. The number of nitrogens with two attached hydrogens (primary N) is 2. The maximum Gasteiger partial charge on any atom is 0.123 e. The van der Waals surface area contributed by atoms with Gasteiger partial charge in [0.1, 0.15) is 11.6 Å². The van der Waals surface area contributed by atoms with Crippen LogP contribution in [0.3, 0.4) is 0 Å². The lowest BCUT2D eigenvalue weighted by molar-refractivity contribution is 0.502. The summed E-state index contributed by atoms with van der Waals surface area (Å²) in [6.45, 7) is 1.92. The van der Waals surface area contributed by atoms with Crippen molar-refractivity contribution in [2.75, 3.05) is 5.73 Å². The lowest BCUT2D eigenvalue weighted by atomic mass is 10.0. The molecular weight excluding hydrogens is 216 g/mol. The largest absolute Gasteiger partial charge is 0.469 e. The number of pyridine rings is 1. The zero-order valence-electron chi connectivity index (χ0n) is 9.68. The van der Waals surface area contributed by atoms with Crippen LogP contribution in [0.4, 0.5) is 5.82 Å². The van der Waals surface area contributed by atoms with Crippen molar-refractivity contribution in [1.29, 1.82) is 0 Å². The van der Waals surface area contributed by atoms with Gasteiger partial charge in [-0.1, -0.05) is 0 Å². The maximum atomic E-state index is 5.64. The molecule has 1 atom stereocenters. The Morgan fingerprint density at radius 3 is 2.88 bits per heavy atom. The molecule has 2 rings (SSSR count). The molecule has 17 heavy (non-hydrogen) atoms. The van der Waals surface area contributed by atoms with Crippen LogP contribution in [0.1, 0.15) is 22.9 Å². The van der Waals surface area contributed by atoms with Crippen molar-refractivity contribution < 1.29 is 4.42 Å². The molecule has 2 aromatic rings. The number of nitrogens with zero attached hydrogens (tertiary/aromatic N) is 1. The number of nitrogen functional groups attached to an aromatic ring is 1. The predicted octanol–water partition coefficient (Wildman–Crippen LogP) is 1.31. The summed E-state index contributed by atoms with van der Waals surface area (Å²) in [7, 11) is 0. The summed E-state index contributed by atoms with van der Waals surface area (Å²) in [6, 6.07) is 5.70. The number of hydrogen-bond acceptors (Lipinski definition) is 5. The fraction of sp³-hybridized carbons (Fsp3) is 0.250. The fourth-order valence-electron chi connectivity index (χ4n) is 1.87. The second kappa shape index (κ2) is 4.99. The molecule has 0 amide bonds. The Bertz CT molecular complexity index is 495. The highest BCUT2D eigenvalue weighted by molar-refractivity contribution is 5.33. The zero-order chi connectivity index (χ0) is 12.3. The number of aryl methyl sites for hydroxylation is 1. The van der Waals surface area contributed by atoms with Crippen LogP contribution in [0.25, 0.3) is 0 Å². The van der Waals surface area contributed by atoms with Crippen molar-refractivity contribution in [2.45, 2.75) is 19.4 Å². The van der Waals surface area contributed by atoms with Crippen molar-refractivity contribution in [1.82, 2.24) is 10.4 Å². The number of hydrogen-bond donors (Lipinski definition) is 3. The summed E-state index contributed by atoms with van der Waals surface area (Å²) < 4.78 is 5.28. The molecule has 5 heteroatoms. The molecule has 0 aliphatic heterocycles. The molecule has 0 spiro atoms. The average molecular weight is 232 g/mol. The smallest absolute Gasteiger partial charge is 0.123 e. The van der Waals surface area contributed by atoms with Gasteiger partial charge in [0, 0.05) is 11.8 Å². The Balaban J connectivity index is 2.19. The standard InChI is InChI=1S/C12H16N4O/c1-8-10(3-5-17-8)11(16-14)6-9-2-4-15-12(13)7-9/h2-5,7,11,16H,6,14H2,1H3,(H2,13,15). The van der Waals surface area contributed by atoms with Crippen LogP contribution in [0.2, 0.25) is 0 Å². The lowest BCUT2D eigenvalue weighted by Gasteiger charge is -2.15. The molecule has 5 nitrogen and oxygen atoms in total. The van der Waals surface area contributed by atoms with Crippen LogP contribution in [-0.2, 0) is 6.42 Å². The van der Waals surface area contributed by atoms with Gasteiger partial charge in [0.05, 0.1) is 12.3 Å². The van der Waals surface area contributed by atoms with E-state index in [9.17, 15) is 0 Å². The van der Waals surface area contributed by atoms with Gasteiger partial charge in [0.2, 0.25) is 0 Å². The Kier molecular flexibility index (Phi) is 3.41. The van der Waals surface area contributed by atoms with Crippen molar-refractivity contribution >= 4 is 5.82 Å². The number of rotatable bonds is 4. The minimum absolute atomic E-state index is 0.00977. The van der Waals surface area contributed by atoms with Gasteiger partial charge >= 0.3 is 0 Å². The van der Waals surface area contributed by atoms with Gasteiger partial charge in [-0.05, 0) is 37.1 Å². The number of anilines is 1. The van der Waals surface area contributed by atoms with Crippen LogP contribution in [-0.4, -0.2) is 4.98 Å². The van der Waals surface area contributed by atoms with Gasteiger partial charge in [-0.15, -0.1) is 0 Å². The first-order valence-corrected chi connectivity index (χ1v) is 5.41. The zero-order valence-corrected chi connectivity index (χ0v) is 9.68. The van der Waals surface area contributed by atoms with Gasteiger partial charge in [-0.2, -0.15) is 0 Å². The highest BCUT2D eigenvalue weighted by Gasteiger charge is 2.15. The molecule has 0 radical (unpaired) electrons. The number of furan rings is 1. The van der Waals surface area contributed by atoms with Crippen molar-refractivity contribution in [3.05, 3.63) is 47.5 Å². The first-order valence-electron chi connectivity index (χ1n) is 5.41. The average Bonchev–Trinajstić information content (AvgIpc) is 2.72. The highest BCUT2D eigenvalue weighted by Crippen LogP contribution is 2.22. The molecule has 0 fully saturated rings. The first-order chi connectivity index (χ1) is 8.20. The fourth-order valence-corrected chi connectivity index (χ4v) is 1.87. The second-order valence-corrected chi connectivity index (χ2v) is 3.94. The van der Waals surface area contributed by atoms with Crippen molar-refractivity contribution in [3.63, 3.8) is 0 Å². The maximum absolute atomic E-state index is 5.64. The molecule has 0 saturated carbocycles. The quantitative estimate of drug-likeness (QED) is 0.546. The monoisotopic (exact) mass is 232 g/mol. The number of aromatic nitrogens is 1. The third-order valence-corrected chi connectivity index (χ3v) is 2.76. The molecule has 2 aromatic heterocycles. The summed E-state index contributed by atoms with van der Waals surface area (Å²) in [6.07, 6.45) is 4.10. The number of nitrogens with one attached hydrogen (secondary N) is 1. The Labute approximate surface area is 99.8 Å². The van der Waals surface area contributed by atoms with Crippen molar-refractivity contribution in [2.24, 2.45) is 5.84 Å². The van der Waals surface area contributed by atoms with Crippen LogP contribution < -0.4 is 17.0 Å². The summed E-state index contributed by atoms with van der Waals surface area (Å²) >= 11 is 0. The molecular formula is C12H16N4O. The SMILES string of the molecule is Cc1occc1C(Cc1ccnc(N)c1)NN. The normalized spacial score (nSPS) is 12.6. The van der Waals surface area contributed by atoms with E-state index in [1.165, 1.54) is 0 Å². The van der Waals surface area contributed by atoms with Crippen LogP contribution in [0.5, 0.6) is 0 Å². The third-order valence-electron chi connectivity index (χ3n) is 2.76. The molecule has 0 saturated heterocycles. The van der Waals surface area contributed by atoms with Gasteiger partial charge < -0.3 is 10.2 Å². The van der Waals surface area contributed by atoms with Gasteiger partial charge in [-0.3, -0.25) is 11.3 Å². The highest BCUT2D eigenvalue weighted by atomic mass is 16.3. The summed E-state index contributed by atoms with van der Waals surface area (Å²) in [5, 5.41) is 0. The van der Waals surface area contributed by atoms with E-state index < -0.39 is 0 Å². The van der Waals surface area contributed by atoms with E-state index >= 15 is 0 Å². The van der Waals surface area contributed by atoms with E-state index in [4.69, 9.17) is 16.0 Å². The molecule has 0 aliphatic carbocycles. The molecule has 90 valence electrons. The van der Waals surface area contributed by atoms with Crippen LogP contribution in [0.15, 0.2) is 35.1 Å². The Hall–Kier alpha value is -1.85. The van der Waals surface area contributed by atoms with Crippen LogP contribution >= 0.6 is 0 Å². The summed E-state index contributed by atoms with van der Waals surface area (Å²) in [5.74, 6) is 6.97. The van der Waals surface area contributed by atoms with E-state index in [1.54, 1.807) is 12.5 Å². The Morgan fingerprint density at radius 2 is 2.29 bits per heavy atom. The minimum Gasteiger partial charge on any atom is -0.469 e. The predicted molar refractivity (Wildman–Crippen MR) is 65.9 cm³/mol. The van der Waals surface area contributed by atoms with E-state index in [1.807, 2.05) is 25.1 Å². The molecule has 1 unspecified atom stereocenters. The van der Waals surface area contributed by atoms with Crippen molar-refractivity contribution in [3.8, 4) is 0 Å². The van der Waals surface area contributed by atoms with E-state index in [-0.39, 0.29) is 6.04 Å². The van der Waals surface area contributed by atoms with Gasteiger partial charge in [-0.25, -0.2) is 4.98 Å². The van der Waals surface area contributed by atoms with E-state index in [2.05, 4.69) is 10.4 Å². The third kappa shape index (κ3) is 2.64. The summed E-state index contributed by atoms with van der Waals surface area (Å²) in [4.78, 5) is 3.96.